The summed E-state index contributed by atoms with van der Waals surface area (Å²) < 4.78 is 0. The molecule has 0 unspecified atom stereocenters. The van der Waals surface area contributed by atoms with Crippen molar-refractivity contribution in [2.75, 3.05) is 0 Å². The van der Waals surface area contributed by atoms with E-state index < -0.39 is 0 Å². The van der Waals surface area contributed by atoms with Crippen LogP contribution in [0.4, 0.5) is 5.69 Å². The number of aromatic nitrogens is 5. The van der Waals surface area contributed by atoms with Crippen molar-refractivity contribution in [3.63, 3.8) is 0 Å². The molecule has 6 nitrogen and oxygen atoms in total. The van der Waals surface area contributed by atoms with Gasteiger partial charge in [0.2, 0.25) is 0 Å². The van der Waals surface area contributed by atoms with Gasteiger partial charge >= 0.3 is 0 Å². The Hall–Kier alpha value is -7.88. The molecule has 10 aromatic rings. The van der Waals surface area contributed by atoms with Crippen molar-refractivity contribution in [1.29, 1.82) is 0 Å². The van der Waals surface area contributed by atoms with E-state index in [-0.39, 0.29) is 0 Å². The zero-order valence-corrected chi connectivity index (χ0v) is 30.0. The summed E-state index contributed by atoms with van der Waals surface area (Å²) >= 11 is 0. The van der Waals surface area contributed by atoms with E-state index in [4.69, 9.17) is 21.5 Å². The third kappa shape index (κ3) is 5.90. The molecule has 0 spiro atoms. The maximum atomic E-state index is 7.29. The van der Waals surface area contributed by atoms with E-state index in [1.54, 1.807) is 24.8 Å². The molecule has 0 aliphatic carbocycles. The van der Waals surface area contributed by atoms with Crippen molar-refractivity contribution in [3.05, 3.63) is 194 Å². The minimum atomic E-state index is 0.636. The molecule has 260 valence electrons. The van der Waals surface area contributed by atoms with Crippen LogP contribution in [0.2, 0.25) is 0 Å². The molecule has 0 saturated heterocycles. The van der Waals surface area contributed by atoms with Crippen LogP contribution in [0.25, 0.3) is 104 Å². The summed E-state index contributed by atoms with van der Waals surface area (Å²) in [6.45, 7) is 7.29. The van der Waals surface area contributed by atoms with E-state index in [0.717, 1.165) is 99.6 Å². The van der Waals surface area contributed by atoms with Gasteiger partial charge in [0.1, 0.15) is 0 Å². The predicted molar refractivity (Wildman–Crippen MR) is 227 cm³/mol. The van der Waals surface area contributed by atoms with Crippen molar-refractivity contribution in [2.45, 2.75) is 0 Å². The van der Waals surface area contributed by atoms with Crippen LogP contribution in [0.3, 0.4) is 0 Å². The van der Waals surface area contributed by atoms with Crippen LogP contribution in [0, 0.1) is 6.57 Å². The summed E-state index contributed by atoms with van der Waals surface area (Å²) in [6, 6.07) is 50.2. The van der Waals surface area contributed by atoms with Gasteiger partial charge in [-0.3, -0.25) is 19.9 Å². The van der Waals surface area contributed by atoms with Gasteiger partial charge in [0.25, 0.3) is 0 Å². The molecule has 0 bridgehead atoms. The summed E-state index contributed by atoms with van der Waals surface area (Å²) in [6.07, 6.45) is 10.9. The fraction of sp³-hybridized carbons (Fsp3) is 0. The average molecular weight is 715 g/mol. The third-order valence-corrected chi connectivity index (χ3v) is 10.4. The molecule has 0 fully saturated rings. The van der Waals surface area contributed by atoms with Crippen LogP contribution < -0.4 is 0 Å². The molecule has 56 heavy (non-hydrogen) atoms. The Morgan fingerprint density at radius 1 is 0.357 bits per heavy atom. The molecule has 0 N–H and O–H groups in total. The molecule has 0 atom stereocenters. The highest BCUT2D eigenvalue weighted by molar-refractivity contribution is 6.22. The lowest BCUT2D eigenvalue weighted by atomic mass is 9.90. The highest BCUT2D eigenvalue weighted by atomic mass is 14.7. The first-order chi connectivity index (χ1) is 27.7. The second-order valence-electron chi connectivity index (χ2n) is 13.7. The third-order valence-electron chi connectivity index (χ3n) is 10.4. The standard InChI is InChI=1S/C50H30N6/c1-51-40-15-13-33(14-16-40)32-9-11-34(12-10-32)43-30-45-42-8-4-22-55-50(42)44(31-46(45)41-7-3-21-54-49(41)43)38-6-2-5-37(27-38)39-28-47(35-17-23-52-24-18-35)56-48(29-39)36-19-25-53-26-20-36/h2-31H. The maximum absolute atomic E-state index is 7.29. The molecule has 5 aromatic carbocycles. The van der Waals surface area contributed by atoms with Gasteiger partial charge in [-0.05, 0) is 111 Å². The Morgan fingerprint density at radius 2 is 0.857 bits per heavy atom. The molecular weight excluding hydrogens is 685 g/mol. The monoisotopic (exact) mass is 714 g/mol. The molecule has 0 saturated carbocycles. The zero-order chi connectivity index (χ0) is 37.4. The normalized spacial score (nSPS) is 11.2. The van der Waals surface area contributed by atoms with E-state index in [1.165, 1.54) is 0 Å². The summed E-state index contributed by atoms with van der Waals surface area (Å²) in [4.78, 5) is 27.0. The van der Waals surface area contributed by atoms with E-state index in [0.29, 0.717) is 5.69 Å². The van der Waals surface area contributed by atoms with Crippen molar-refractivity contribution in [3.8, 4) is 67.0 Å². The molecule has 0 amide bonds. The van der Waals surface area contributed by atoms with Gasteiger partial charge in [0.05, 0.1) is 29.0 Å². The highest BCUT2D eigenvalue weighted by Gasteiger charge is 2.17. The average Bonchev–Trinajstić information content (AvgIpc) is 3.29. The number of rotatable bonds is 6. The fourth-order valence-corrected chi connectivity index (χ4v) is 7.62. The van der Waals surface area contributed by atoms with Gasteiger partial charge in [0, 0.05) is 70.2 Å². The van der Waals surface area contributed by atoms with Gasteiger partial charge in [-0.15, -0.1) is 0 Å². The van der Waals surface area contributed by atoms with Gasteiger partial charge in [-0.1, -0.05) is 78.9 Å². The largest absolute Gasteiger partial charge is 0.265 e. The number of benzene rings is 5. The van der Waals surface area contributed by atoms with Crippen LogP contribution in [-0.4, -0.2) is 24.9 Å². The molecule has 6 heteroatoms. The molecule has 5 heterocycles. The molecule has 5 aromatic heterocycles. The number of nitrogens with zero attached hydrogens (tertiary/aromatic N) is 6. The lowest BCUT2D eigenvalue weighted by molar-refractivity contribution is 1.27. The molecule has 10 rings (SSSR count). The van der Waals surface area contributed by atoms with E-state index in [1.807, 2.05) is 73.1 Å². The molecule has 0 aliphatic rings. The summed E-state index contributed by atoms with van der Waals surface area (Å²) in [5.41, 5.74) is 14.9. The van der Waals surface area contributed by atoms with Gasteiger partial charge in [0.15, 0.2) is 5.69 Å². The topological polar surface area (TPSA) is 68.8 Å². The number of fused-ring (bicyclic) bond motifs is 5. The smallest absolute Gasteiger partial charge is 0.187 e. The Kier molecular flexibility index (Phi) is 8.09. The van der Waals surface area contributed by atoms with Crippen molar-refractivity contribution in [1.82, 2.24) is 24.9 Å². The Bertz CT molecular complexity index is 3060. The summed E-state index contributed by atoms with van der Waals surface area (Å²) in [5, 5.41) is 4.41. The lowest BCUT2D eigenvalue weighted by Gasteiger charge is -2.16. The first-order valence-corrected chi connectivity index (χ1v) is 18.3. The second kappa shape index (κ2) is 13.8. The number of pyridine rings is 5. The first-order valence-electron chi connectivity index (χ1n) is 18.3. The van der Waals surface area contributed by atoms with E-state index in [9.17, 15) is 0 Å². The van der Waals surface area contributed by atoms with E-state index >= 15 is 0 Å². The van der Waals surface area contributed by atoms with Gasteiger partial charge in [-0.2, -0.15) is 0 Å². The van der Waals surface area contributed by atoms with Crippen molar-refractivity contribution >= 4 is 38.3 Å². The summed E-state index contributed by atoms with van der Waals surface area (Å²) in [7, 11) is 0. The van der Waals surface area contributed by atoms with Crippen LogP contribution >= 0.6 is 0 Å². The Balaban J connectivity index is 1.12. The van der Waals surface area contributed by atoms with Gasteiger partial charge in [-0.25, -0.2) is 9.83 Å². The minimum absolute atomic E-state index is 0.636. The lowest BCUT2D eigenvalue weighted by Crippen LogP contribution is -1.93. The molecular formula is C50H30N6. The second-order valence-corrected chi connectivity index (χ2v) is 13.7. The number of hydrogen-bond acceptors (Lipinski definition) is 5. The van der Waals surface area contributed by atoms with E-state index in [2.05, 4.69) is 99.7 Å². The first kappa shape index (κ1) is 32.7. The Labute approximate surface area is 323 Å². The van der Waals surface area contributed by atoms with Crippen molar-refractivity contribution in [2.24, 2.45) is 0 Å². The van der Waals surface area contributed by atoms with Crippen LogP contribution in [0.1, 0.15) is 0 Å². The van der Waals surface area contributed by atoms with Crippen LogP contribution in [-0.2, 0) is 0 Å². The SMILES string of the molecule is [C-]#[N+]c1ccc(-c2ccc(-c3cc4c5cccnc5c(-c5cccc(-c6cc(-c7ccncc7)nc(-c7ccncc7)c6)c5)cc4c4cccnc34)cc2)cc1. The number of hydrogen-bond donors (Lipinski definition) is 0. The predicted octanol–water partition coefficient (Wildman–Crippen LogP) is 12.7. The minimum Gasteiger partial charge on any atom is -0.265 e. The van der Waals surface area contributed by atoms with Gasteiger partial charge < -0.3 is 0 Å². The molecule has 0 radical (unpaired) electrons. The van der Waals surface area contributed by atoms with Crippen molar-refractivity contribution < 1.29 is 0 Å². The van der Waals surface area contributed by atoms with Crippen LogP contribution in [0.15, 0.2) is 183 Å². The molecule has 0 aliphatic heterocycles. The van der Waals surface area contributed by atoms with Crippen LogP contribution in [0.5, 0.6) is 0 Å². The highest BCUT2D eigenvalue weighted by Crippen LogP contribution is 2.42. The zero-order valence-electron chi connectivity index (χ0n) is 30.0. The Morgan fingerprint density at radius 3 is 1.41 bits per heavy atom. The summed E-state index contributed by atoms with van der Waals surface area (Å²) in [5.74, 6) is 0. The fourth-order valence-electron chi connectivity index (χ4n) is 7.62. The quantitative estimate of drug-likeness (QED) is 0.127. The maximum Gasteiger partial charge on any atom is 0.187 e.